The Morgan fingerprint density at radius 2 is 1.65 bits per heavy atom. The van der Waals surface area contributed by atoms with E-state index in [1.54, 1.807) is 18.5 Å². The van der Waals surface area contributed by atoms with E-state index in [0.29, 0.717) is 18.4 Å². The number of nitrogens with zero attached hydrogens (tertiary/aromatic N) is 4. The van der Waals surface area contributed by atoms with Gasteiger partial charge in [-0.15, -0.1) is 0 Å². The summed E-state index contributed by atoms with van der Waals surface area (Å²) in [6.45, 7) is 4.55. The van der Waals surface area contributed by atoms with Crippen molar-refractivity contribution < 1.29 is 8.78 Å². The Hall–Kier alpha value is -2.08. The SMILES string of the molecule is Fc1ccc(CN2CC3CN(c4ncccn4)CC3C2)cc1F. The lowest BCUT2D eigenvalue weighted by Crippen LogP contribution is -2.29. The molecule has 2 saturated heterocycles. The van der Waals surface area contributed by atoms with Crippen LogP contribution in [0.3, 0.4) is 0 Å². The number of halogens is 2. The van der Waals surface area contributed by atoms with Gasteiger partial charge < -0.3 is 4.90 Å². The molecule has 2 aromatic rings. The second-order valence-corrected chi connectivity index (χ2v) is 6.42. The van der Waals surface area contributed by atoms with Crippen LogP contribution in [0.4, 0.5) is 14.7 Å². The molecule has 2 fully saturated rings. The van der Waals surface area contributed by atoms with Crippen molar-refractivity contribution >= 4 is 5.95 Å². The lowest BCUT2D eigenvalue weighted by molar-refractivity contribution is 0.308. The summed E-state index contributed by atoms with van der Waals surface area (Å²) in [6, 6.07) is 5.99. The van der Waals surface area contributed by atoms with Gasteiger partial charge in [-0.3, -0.25) is 4.90 Å². The van der Waals surface area contributed by atoms with Gasteiger partial charge in [-0.2, -0.15) is 0 Å². The van der Waals surface area contributed by atoms with Crippen molar-refractivity contribution in [2.24, 2.45) is 11.8 Å². The summed E-state index contributed by atoms with van der Waals surface area (Å²) in [4.78, 5) is 13.2. The Kier molecular flexibility index (Phi) is 3.69. The van der Waals surface area contributed by atoms with Crippen LogP contribution in [0, 0.1) is 23.5 Å². The average molecular weight is 316 g/mol. The van der Waals surface area contributed by atoms with Gasteiger partial charge in [-0.25, -0.2) is 18.7 Å². The smallest absolute Gasteiger partial charge is 0.225 e. The van der Waals surface area contributed by atoms with Crippen LogP contribution in [0.15, 0.2) is 36.7 Å². The van der Waals surface area contributed by atoms with Crippen LogP contribution in [-0.2, 0) is 6.54 Å². The molecule has 6 heteroatoms. The van der Waals surface area contributed by atoms with E-state index in [2.05, 4.69) is 19.8 Å². The molecular weight excluding hydrogens is 298 g/mol. The molecule has 2 unspecified atom stereocenters. The third-order valence-corrected chi connectivity index (χ3v) is 4.79. The summed E-state index contributed by atoms with van der Waals surface area (Å²) >= 11 is 0. The van der Waals surface area contributed by atoms with Crippen molar-refractivity contribution in [2.45, 2.75) is 6.54 Å². The molecule has 0 amide bonds. The topological polar surface area (TPSA) is 32.3 Å². The molecule has 0 N–H and O–H groups in total. The maximum Gasteiger partial charge on any atom is 0.225 e. The molecule has 2 aliphatic heterocycles. The molecule has 2 atom stereocenters. The van der Waals surface area contributed by atoms with Crippen molar-refractivity contribution in [2.75, 3.05) is 31.1 Å². The van der Waals surface area contributed by atoms with Crippen molar-refractivity contribution in [1.29, 1.82) is 0 Å². The highest BCUT2D eigenvalue weighted by Gasteiger charge is 2.40. The van der Waals surface area contributed by atoms with Gasteiger partial charge in [0.2, 0.25) is 5.95 Å². The molecule has 2 aliphatic rings. The normalized spacial score (nSPS) is 24.2. The van der Waals surface area contributed by atoms with E-state index in [4.69, 9.17) is 0 Å². The van der Waals surface area contributed by atoms with Gasteiger partial charge in [0.05, 0.1) is 0 Å². The van der Waals surface area contributed by atoms with Crippen molar-refractivity contribution in [3.8, 4) is 0 Å². The first kappa shape index (κ1) is 14.5. The van der Waals surface area contributed by atoms with E-state index in [0.717, 1.165) is 37.7 Å². The summed E-state index contributed by atoms with van der Waals surface area (Å²) in [6.07, 6.45) is 3.54. The summed E-state index contributed by atoms with van der Waals surface area (Å²) in [5, 5.41) is 0. The molecule has 23 heavy (non-hydrogen) atoms. The summed E-state index contributed by atoms with van der Waals surface area (Å²) < 4.78 is 26.3. The molecule has 0 radical (unpaired) electrons. The van der Waals surface area contributed by atoms with Gasteiger partial charge in [-0.05, 0) is 35.6 Å². The van der Waals surface area contributed by atoms with Crippen LogP contribution in [0.25, 0.3) is 0 Å². The third-order valence-electron chi connectivity index (χ3n) is 4.79. The van der Waals surface area contributed by atoms with Crippen LogP contribution < -0.4 is 4.90 Å². The molecule has 0 bridgehead atoms. The predicted octanol–water partition coefficient (Wildman–Crippen LogP) is 2.32. The number of rotatable bonds is 3. The van der Waals surface area contributed by atoms with Gasteiger partial charge in [0.25, 0.3) is 0 Å². The quantitative estimate of drug-likeness (QED) is 0.870. The predicted molar refractivity (Wildman–Crippen MR) is 82.9 cm³/mol. The molecular formula is C17H18F2N4. The Morgan fingerprint density at radius 1 is 0.957 bits per heavy atom. The molecule has 0 aliphatic carbocycles. The fraction of sp³-hybridized carbons (Fsp3) is 0.412. The van der Waals surface area contributed by atoms with Crippen molar-refractivity contribution in [3.05, 3.63) is 53.9 Å². The maximum atomic E-state index is 13.3. The van der Waals surface area contributed by atoms with Gasteiger partial charge in [0.15, 0.2) is 11.6 Å². The number of hydrogen-bond acceptors (Lipinski definition) is 4. The Labute approximate surface area is 133 Å². The molecule has 4 nitrogen and oxygen atoms in total. The van der Waals surface area contributed by atoms with Crippen molar-refractivity contribution in [3.63, 3.8) is 0 Å². The summed E-state index contributed by atoms with van der Waals surface area (Å²) in [7, 11) is 0. The van der Waals surface area contributed by atoms with Crippen LogP contribution in [0.5, 0.6) is 0 Å². The maximum absolute atomic E-state index is 13.3. The molecule has 120 valence electrons. The minimum atomic E-state index is -0.787. The van der Waals surface area contributed by atoms with E-state index >= 15 is 0 Å². The number of benzene rings is 1. The summed E-state index contributed by atoms with van der Waals surface area (Å²) in [5.41, 5.74) is 0.826. The first-order valence-electron chi connectivity index (χ1n) is 7.87. The average Bonchev–Trinajstić information content (AvgIpc) is 3.10. The fourth-order valence-electron chi connectivity index (χ4n) is 3.73. The van der Waals surface area contributed by atoms with Crippen LogP contribution >= 0.6 is 0 Å². The van der Waals surface area contributed by atoms with Gasteiger partial charge in [0.1, 0.15) is 0 Å². The van der Waals surface area contributed by atoms with Gasteiger partial charge in [-0.1, -0.05) is 6.07 Å². The molecule has 1 aromatic heterocycles. The third kappa shape index (κ3) is 2.91. The molecule has 1 aromatic carbocycles. The zero-order valence-corrected chi connectivity index (χ0v) is 12.7. The highest BCUT2D eigenvalue weighted by atomic mass is 19.2. The molecule has 4 rings (SSSR count). The van der Waals surface area contributed by atoms with Gasteiger partial charge in [0, 0.05) is 45.1 Å². The van der Waals surface area contributed by atoms with Crippen molar-refractivity contribution in [1.82, 2.24) is 14.9 Å². The number of fused-ring (bicyclic) bond motifs is 1. The lowest BCUT2D eigenvalue weighted by atomic mass is 10.0. The van der Waals surface area contributed by atoms with E-state index in [-0.39, 0.29) is 0 Å². The second-order valence-electron chi connectivity index (χ2n) is 6.42. The van der Waals surface area contributed by atoms with Gasteiger partial charge >= 0.3 is 0 Å². The Bertz CT molecular complexity index is 680. The number of hydrogen-bond donors (Lipinski definition) is 0. The van der Waals surface area contributed by atoms with Crippen LogP contribution in [-0.4, -0.2) is 41.0 Å². The Balaban J connectivity index is 1.37. The zero-order valence-electron chi connectivity index (χ0n) is 12.7. The highest BCUT2D eigenvalue weighted by molar-refractivity contribution is 5.32. The number of anilines is 1. The molecule has 0 spiro atoms. The van der Waals surface area contributed by atoms with E-state index in [1.807, 2.05) is 6.07 Å². The standard InChI is InChI=1S/C17H18F2N4/c18-15-3-2-12(6-16(15)19)7-22-8-13-10-23(11-14(13)9-22)17-20-4-1-5-21-17/h1-6,13-14H,7-11H2. The lowest BCUT2D eigenvalue weighted by Gasteiger charge is -2.21. The molecule has 3 heterocycles. The Morgan fingerprint density at radius 3 is 2.30 bits per heavy atom. The number of aromatic nitrogens is 2. The monoisotopic (exact) mass is 316 g/mol. The minimum absolute atomic E-state index is 0.587. The van der Waals surface area contributed by atoms with E-state index in [9.17, 15) is 8.78 Å². The van der Waals surface area contributed by atoms with Crippen LogP contribution in [0.2, 0.25) is 0 Å². The second kappa shape index (κ2) is 5.85. The molecule has 0 saturated carbocycles. The largest absolute Gasteiger partial charge is 0.340 e. The zero-order chi connectivity index (χ0) is 15.8. The summed E-state index contributed by atoms with van der Waals surface area (Å²) in [5.74, 6) is 0.419. The first-order chi connectivity index (χ1) is 11.2. The van der Waals surface area contributed by atoms with Crippen LogP contribution in [0.1, 0.15) is 5.56 Å². The minimum Gasteiger partial charge on any atom is -0.340 e. The van der Waals surface area contributed by atoms with E-state index < -0.39 is 11.6 Å². The number of likely N-dealkylation sites (tertiary alicyclic amines) is 1. The highest BCUT2D eigenvalue weighted by Crippen LogP contribution is 2.33. The van der Waals surface area contributed by atoms with E-state index in [1.165, 1.54) is 12.1 Å². The fourth-order valence-corrected chi connectivity index (χ4v) is 3.73. The first-order valence-corrected chi connectivity index (χ1v) is 7.87.